The van der Waals surface area contributed by atoms with E-state index in [1.807, 2.05) is 6.07 Å². The van der Waals surface area contributed by atoms with E-state index in [4.69, 9.17) is 0 Å². The number of hydrogen-bond donors (Lipinski definition) is 1. The van der Waals surface area contributed by atoms with Crippen LogP contribution in [0.15, 0.2) is 22.7 Å². The van der Waals surface area contributed by atoms with Gasteiger partial charge in [-0.1, -0.05) is 22.0 Å². The normalized spacial score (nSPS) is 21.0. The molecule has 1 aromatic rings. The van der Waals surface area contributed by atoms with Gasteiger partial charge in [0, 0.05) is 10.9 Å². The quantitative estimate of drug-likeness (QED) is 0.820. The first-order valence-corrected chi connectivity index (χ1v) is 5.51. The van der Waals surface area contributed by atoms with Gasteiger partial charge in [-0.2, -0.15) is 0 Å². The zero-order valence-electron chi connectivity index (χ0n) is 8.01. The molecule has 1 fully saturated rings. The second kappa shape index (κ2) is 3.73. The summed E-state index contributed by atoms with van der Waals surface area (Å²) in [4.78, 5) is 11.1. The van der Waals surface area contributed by atoms with Crippen LogP contribution in [0.3, 0.4) is 0 Å². The summed E-state index contributed by atoms with van der Waals surface area (Å²) in [6, 6.07) is 6.39. The Morgan fingerprint density at radius 2 is 2.29 bits per heavy atom. The predicted octanol–water partition coefficient (Wildman–Crippen LogP) is 2.71. The lowest BCUT2D eigenvalue weighted by Gasteiger charge is -2.13. The van der Waals surface area contributed by atoms with Gasteiger partial charge in [-0.05, 0) is 36.6 Å². The van der Waals surface area contributed by atoms with E-state index in [2.05, 4.69) is 40.3 Å². The molecule has 1 atom stereocenters. The lowest BCUT2D eigenvalue weighted by Crippen LogP contribution is -2.18. The number of benzene rings is 1. The molecule has 74 valence electrons. The molecule has 1 amide bonds. The zero-order chi connectivity index (χ0) is 10.1. The van der Waals surface area contributed by atoms with E-state index in [-0.39, 0.29) is 11.9 Å². The molecule has 14 heavy (non-hydrogen) atoms. The number of amides is 1. The van der Waals surface area contributed by atoms with Crippen LogP contribution < -0.4 is 5.32 Å². The summed E-state index contributed by atoms with van der Waals surface area (Å²) in [5.74, 6) is 0.161. The fraction of sp³-hybridized carbons (Fsp3) is 0.364. The third kappa shape index (κ3) is 1.82. The highest BCUT2D eigenvalue weighted by atomic mass is 79.9. The molecule has 0 aromatic heterocycles. The average Bonchev–Trinajstić information content (AvgIpc) is 2.56. The van der Waals surface area contributed by atoms with Gasteiger partial charge < -0.3 is 5.32 Å². The van der Waals surface area contributed by atoms with Crippen molar-refractivity contribution in [2.24, 2.45) is 0 Å². The molecule has 0 bridgehead atoms. The maximum Gasteiger partial charge on any atom is 0.220 e. The summed E-state index contributed by atoms with van der Waals surface area (Å²) in [6.07, 6.45) is 1.56. The van der Waals surface area contributed by atoms with Gasteiger partial charge in [-0.3, -0.25) is 4.79 Å². The second-order valence-electron chi connectivity index (χ2n) is 3.66. The molecule has 0 unspecified atom stereocenters. The Kier molecular flexibility index (Phi) is 2.59. The van der Waals surface area contributed by atoms with Crippen LogP contribution in [0.2, 0.25) is 0 Å². The first-order valence-electron chi connectivity index (χ1n) is 4.72. The monoisotopic (exact) mass is 253 g/mol. The number of aryl methyl sites for hydroxylation is 1. The molecule has 2 rings (SSSR count). The second-order valence-corrected chi connectivity index (χ2v) is 4.58. The van der Waals surface area contributed by atoms with Crippen LogP contribution in [0.25, 0.3) is 0 Å². The van der Waals surface area contributed by atoms with Crippen molar-refractivity contribution in [3.05, 3.63) is 33.8 Å². The lowest BCUT2D eigenvalue weighted by molar-refractivity contribution is -0.119. The van der Waals surface area contributed by atoms with Gasteiger partial charge in [0.25, 0.3) is 0 Å². The minimum absolute atomic E-state index is 0.161. The molecular formula is C11H12BrNO. The molecule has 1 heterocycles. The van der Waals surface area contributed by atoms with Crippen molar-refractivity contribution in [1.82, 2.24) is 5.32 Å². The van der Waals surface area contributed by atoms with Crippen LogP contribution in [0.4, 0.5) is 0 Å². The lowest BCUT2D eigenvalue weighted by atomic mass is 10.0. The third-order valence-corrected chi connectivity index (χ3v) is 3.11. The maximum absolute atomic E-state index is 11.1. The van der Waals surface area contributed by atoms with Crippen molar-refractivity contribution in [3.8, 4) is 0 Å². The van der Waals surface area contributed by atoms with E-state index in [0.717, 1.165) is 10.9 Å². The molecule has 1 N–H and O–H groups in total. The molecule has 1 aliphatic rings. The Labute approximate surface area is 91.8 Å². The fourth-order valence-electron chi connectivity index (χ4n) is 1.83. The number of halogens is 1. The van der Waals surface area contributed by atoms with E-state index in [1.165, 1.54) is 11.1 Å². The Hall–Kier alpha value is -0.830. The highest BCUT2D eigenvalue weighted by Gasteiger charge is 2.23. The van der Waals surface area contributed by atoms with Crippen molar-refractivity contribution in [2.45, 2.75) is 25.8 Å². The van der Waals surface area contributed by atoms with Gasteiger partial charge in [0.2, 0.25) is 5.91 Å². The molecular weight excluding hydrogens is 242 g/mol. The van der Waals surface area contributed by atoms with Crippen molar-refractivity contribution in [3.63, 3.8) is 0 Å². The van der Waals surface area contributed by atoms with Gasteiger partial charge in [0.15, 0.2) is 0 Å². The first kappa shape index (κ1) is 9.71. The van der Waals surface area contributed by atoms with E-state index < -0.39 is 0 Å². The molecule has 0 saturated carbocycles. The summed E-state index contributed by atoms with van der Waals surface area (Å²) < 4.78 is 1.07. The van der Waals surface area contributed by atoms with E-state index >= 15 is 0 Å². The smallest absolute Gasteiger partial charge is 0.220 e. The van der Waals surface area contributed by atoms with Crippen LogP contribution in [0.5, 0.6) is 0 Å². The van der Waals surface area contributed by atoms with Crippen LogP contribution in [0.1, 0.15) is 30.0 Å². The number of hydrogen-bond acceptors (Lipinski definition) is 1. The van der Waals surface area contributed by atoms with Crippen LogP contribution in [-0.4, -0.2) is 5.91 Å². The Morgan fingerprint density at radius 1 is 1.50 bits per heavy atom. The van der Waals surface area contributed by atoms with Crippen LogP contribution in [0, 0.1) is 6.92 Å². The Balaban J connectivity index is 2.31. The zero-order valence-corrected chi connectivity index (χ0v) is 9.60. The van der Waals surface area contributed by atoms with Gasteiger partial charge in [-0.25, -0.2) is 0 Å². The standard InChI is InChI=1S/C11H12BrNO/c1-7-2-3-8(12)6-9(7)10-4-5-11(14)13-10/h2-3,6,10H,4-5H2,1H3,(H,13,14)/t10-/m0/s1. The minimum Gasteiger partial charge on any atom is -0.349 e. The highest BCUT2D eigenvalue weighted by molar-refractivity contribution is 9.10. The van der Waals surface area contributed by atoms with E-state index in [9.17, 15) is 4.79 Å². The van der Waals surface area contributed by atoms with Crippen molar-refractivity contribution in [1.29, 1.82) is 0 Å². The van der Waals surface area contributed by atoms with Gasteiger partial charge in [-0.15, -0.1) is 0 Å². The number of nitrogens with one attached hydrogen (secondary N) is 1. The number of rotatable bonds is 1. The molecule has 0 spiro atoms. The predicted molar refractivity (Wildman–Crippen MR) is 59.0 cm³/mol. The number of carbonyl (C=O) groups is 1. The average molecular weight is 254 g/mol. The summed E-state index contributed by atoms with van der Waals surface area (Å²) >= 11 is 3.45. The summed E-state index contributed by atoms with van der Waals surface area (Å²) in [6.45, 7) is 2.08. The third-order valence-electron chi connectivity index (χ3n) is 2.61. The molecule has 1 aliphatic heterocycles. The topological polar surface area (TPSA) is 29.1 Å². The SMILES string of the molecule is Cc1ccc(Br)cc1[C@@H]1CCC(=O)N1. The molecule has 0 aliphatic carbocycles. The molecule has 1 saturated heterocycles. The summed E-state index contributed by atoms with van der Waals surface area (Å²) in [5.41, 5.74) is 2.46. The van der Waals surface area contributed by atoms with Crippen molar-refractivity contribution in [2.75, 3.05) is 0 Å². The summed E-state index contributed by atoms with van der Waals surface area (Å²) in [5, 5.41) is 2.98. The van der Waals surface area contributed by atoms with Crippen LogP contribution >= 0.6 is 15.9 Å². The summed E-state index contributed by atoms with van der Waals surface area (Å²) in [7, 11) is 0. The van der Waals surface area contributed by atoms with Crippen molar-refractivity contribution >= 4 is 21.8 Å². The van der Waals surface area contributed by atoms with Gasteiger partial charge in [0.05, 0.1) is 6.04 Å². The molecule has 3 heteroatoms. The molecule has 1 aromatic carbocycles. The Bertz CT molecular complexity index is 376. The van der Waals surface area contributed by atoms with E-state index in [1.54, 1.807) is 0 Å². The molecule has 2 nitrogen and oxygen atoms in total. The fourth-order valence-corrected chi connectivity index (χ4v) is 2.21. The van der Waals surface area contributed by atoms with E-state index in [0.29, 0.717) is 6.42 Å². The van der Waals surface area contributed by atoms with Crippen molar-refractivity contribution < 1.29 is 4.79 Å². The van der Waals surface area contributed by atoms with Gasteiger partial charge >= 0.3 is 0 Å². The number of carbonyl (C=O) groups excluding carboxylic acids is 1. The molecule has 0 radical (unpaired) electrons. The van der Waals surface area contributed by atoms with Crippen LogP contribution in [-0.2, 0) is 4.79 Å². The maximum atomic E-state index is 11.1. The Morgan fingerprint density at radius 3 is 2.93 bits per heavy atom. The first-order chi connectivity index (χ1) is 6.66. The highest BCUT2D eigenvalue weighted by Crippen LogP contribution is 2.28. The van der Waals surface area contributed by atoms with Gasteiger partial charge in [0.1, 0.15) is 0 Å². The minimum atomic E-state index is 0.161. The largest absolute Gasteiger partial charge is 0.349 e.